The SMILES string of the molecule is O=S(=O)(O)c1ccc(NC(=S)N(CCc2ccccc2)CC(O)Cn2c3ccc(Br)cc3c3cc(Br)ccc32)cc1. The van der Waals surface area contributed by atoms with Gasteiger partial charge in [0.15, 0.2) is 5.11 Å². The molecule has 1 atom stereocenters. The van der Waals surface area contributed by atoms with E-state index in [1.807, 2.05) is 47.4 Å². The van der Waals surface area contributed by atoms with E-state index in [9.17, 15) is 18.1 Å². The number of anilines is 1. The first-order chi connectivity index (χ1) is 19.6. The van der Waals surface area contributed by atoms with Crippen molar-refractivity contribution in [2.45, 2.75) is 24.0 Å². The second-order valence-corrected chi connectivity index (χ2v) is 13.3. The van der Waals surface area contributed by atoms with Crippen LogP contribution in [0.4, 0.5) is 5.69 Å². The van der Waals surface area contributed by atoms with Gasteiger partial charge in [0.05, 0.1) is 17.5 Å². The molecule has 0 aliphatic rings. The highest BCUT2D eigenvalue weighted by molar-refractivity contribution is 9.10. The van der Waals surface area contributed by atoms with Crippen LogP contribution in [0.2, 0.25) is 0 Å². The molecule has 7 nitrogen and oxygen atoms in total. The van der Waals surface area contributed by atoms with E-state index in [0.717, 1.165) is 36.3 Å². The molecule has 0 fully saturated rings. The van der Waals surface area contributed by atoms with E-state index < -0.39 is 16.2 Å². The van der Waals surface area contributed by atoms with Crippen molar-refractivity contribution in [3.8, 4) is 0 Å². The Kier molecular flexibility index (Phi) is 9.12. The molecule has 1 unspecified atom stereocenters. The maximum absolute atomic E-state index is 11.4. The van der Waals surface area contributed by atoms with Crippen LogP contribution in [-0.4, -0.2) is 51.8 Å². The molecule has 0 aliphatic carbocycles. The number of rotatable bonds is 9. The third-order valence-electron chi connectivity index (χ3n) is 6.82. The van der Waals surface area contributed by atoms with Crippen LogP contribution in [0.25, 0.3) is 21.8 Å². The predicted octanol–water partition coefficient (Wildman–Crippen LogP) is 6.87. The first-order valence-corrected chi connectivity index (χ1v) is 16.2. The van der Waals surface area contributed by atoms with E-state index in [1.54, 1.807) is 0 Å². The van der Waals surface area contributed by atoms with Gasteiger partial charge in [-0.1, -0.05) is 62.2 Å². The van der Waals surface area contributed by atoms with E-state index in [2.05, 4.69) is 66.0 Å². The van der Waals surface area contributed by atoms with Gasteiger partial charge in [0.1, 0.15) is 0 Å². The quantitative estimate of drug-likeness (QED) is 0.113. The minimum Gasteiger partial charge on any atom is -0.389 e. The summed E-state index contributed by atoms with van der Waals surface area (Å²) in [5.41, 5.74) is 3.76. The number of hydrogen-bond donors (Lipinski definition) is 3. The second kappa shape index (κ2) is 12.6. The number of hydrogen-bond acceptors (Lipinski definition) is 4. The van der Waals surface area contributed by atoms with Crippen LogP contribution in [0.5, 0.6) is 0 Å². The Morgan fingerprint density at radius 2 is 1.49 bits per heavy atom. The molecule has 11 heteroatoms. The minimum atomic E-state index is -4.29. The van der Waals surface area contributed by atoms with Crippen LogP contribution in [0, 0.1) is 0 Å². The summed E-state index contributed by atoms with van der Waals surface area (Å²) >= 11 is 12.9. The lowest BCUT2D eigenvalue weighted by molar-refractivity contribution is 0.128. The molecule has 3 N–H and O–H groups in total. The third-order valence-corrected chi connectivity index (χ3v) is 9.03. The van der Waals surface area contributed by atoms with Crippen molar-refractivity contribution in [2.24, 2.45) is 0 Å². The van der Waals surface area contributed by atoms with Crippen LogP contribution in [0.15, 0.2) is 105 Å². The Morgan fingerprint density at radius 3 is 2.05 bits per heavy atom. The molecule has 0 saturated heterocycles. The van der Waals surface area contributed by atoms with E-state index >= 15 is 0 Å². The molecule has 5 rings (SSSR count). The lowest BCUT2D eigenvalue weighted by Gasteiger charge is -2.29. The lowest BCUT2D eigenvalue weighted by atomic mass is 10.1. The topological polar surface area (TPSA) is 94.8 Å². The van der Waals surface area contributed by atoms with Gasteiger partial charge in [-0.25, -0.2) is 0 Å². The van der Waals surface area contributed by atoms with Gasteiger partial charge >= 0.3 is 0 Å². The van der Waals surface area contributed by atoms with Gasteiger partial charge in [0, 0.05) is 49.5 Å². The number of nitrogens with zero attached hydrogens (tertiary/aromatic N) is 2. The Bertz CT molecular complexity index is 1750. The summed E-state index contributed by atoms with van der Waals surface area (Å²) in [5.74, 6) is 0. The average Bonchev–Trinajstić information content (AvgIpc) is 3.22. The van der Waals surface area contributed by atoms with Crippen LogP contribution >= 0.6 is 44.1 Å². The summed E-state index contributed by atoms with van der Waals surface area (Å²) < 4.78 is 36.2. The first-order valence-electron chi connectivity index (χ1n) is 12.8. The lowest BCUT2D eigenvalue weighted by Crippen LogP contribution is -2.42. The zero-order chi connectivity index (χ0) is 29.1. The van der Waals surface area contributed by atoms with E-state index in [-0.39, 0.29) is 11.4 Å². The molecule has 1 heterocycles. The normalized spacial score (nSPS) is 12.5. The van der Waals surface area contributed by atoms with Crippen molar-refractivity contribution in [3.05, 3.63) is 106 Å². The van der Waals surface area contributed by atoms with E-state index in [1.165, 1.54) is 24.3 Å². The number of aliphatic hydroxyl groups is 1. The van der Waals surface area contributed by atoms with E-state index in [0.29, 0.717) is 30.3 Å². The Hall–Kier alpha value is -2.80. The minimum absolute atomic E-state index is 0.199. The van der Waals surface area contributed by atoms with Gasteiger partial charge in [-0.2, -0.15) is 8.42 Å². The summed E-state index contributed by atoms with van der Waals surface area (Å²) in [4.78, 5) is 1.72. The van der Waals surface area contributed by atoms with Crippen LogP contribution in [0.1, 0.15) is 5.56 Å². The maximum atomic E-state index is 11.4. The smallest absolute Gasteiger partial charge is 0.294 e. The van der Waals surface area contributed by atoms with Crippen molar-refractivity contribution in [2.75, 3.05) is 18.4 Å². The van der Waals surface area contributed by atoms with Gasteiger partial charge in [0.2, 0.25) is 0 Å². The van der Waals surface area contributed by atoms with Crippen molar-refractivity contribution >= 4 is 86.8 Å². The number of nitrogens with one attached hydrogen (secondary N) is 1. The number of aromatic nitrogens is 1. The Balaban J connectivity index is 1.38. The Labute approximate surface area is 260 Å². The number of thiocarbonyl (C=S) groups is 1. The van der Waals surface area contributed by atoms with Gasteiger partial charge in [-0.3, -0.25) is 4.55 Å². The fourth-order valence-electron chi connectivity index (χ4n) is 4.87. The molecule has 212 valence electrons. The number of benzene rings is 4. The first kappa shape index (κ1) is 29.7. The molecule has 0 saturated carbocycles. The van der Waals surface area contributed by atoms with Gasteiger partial charge in [0.25, 0.3) is 10.1 Å². The molecule has 0 spiro atoms. The fourth-order valence-corrected chi connectivity index (χ4v) is 6.35. The monoisotopic (exact) mass is 715 g/mol. The van der Waals surface area contributed by atoms with Gasteiger partial charge in [-0.05, 0) is 84.9 Å². The molecule has 0 radical (unpaired) electrons. The molecular formula is C30H27Br2N3O4S2. The van der Waals surface area contributed by atoms with Crippen molar-refractivity contribution < 1.29 is 18.1 Å². The largest absolute Gasteiger partial charge is 0.389 e. The predicted molar refractivity (Wildman–Crippen MR) is 175 cm³/mol. The van der Waals surface area contributed by atoms with Crippen LogP contribution in [0.3, 0.4) is 0 Å². The number of fused-ring (bicyclic) bond motifs is 3. The van der Waals surface area contributed by atoms with E-state index in [4.69, 9.17) is 12.2 Å². The molecule has 4 aromatic carbocycles. The average molecular weight is 718 g/mol. The third kappa shape index (κ3) is 7.17. The standard InChI is InChI=1S/C30H27Br2N3O4S2/c31-21-6-12-28-26(16-21)27-17-22(32)7-13-29(27)35(28)19-24(36)18-34(15-14-20-4-2-1-3-5-20)30(40)33-23-8-10-25(11-9-23)41(37,38)39/h1-13,16-17,24,36H,14-15,18-19H2,(H,33,40)(H,37,38,39). The van der Waals surface area contributed by atoms with Crippen molar-refractivity contribution in [1.82, 2.24) is 9.47 Å². The maximum Gasteiger partial charge on any atom is 0.294 e. The number of aliphatic hydroxyl groups excluding tert-OH is 1. The number of halogens is 2. The molecule has 1 aromatic heterocycles. The van der Waals surface area contributed by atoms with Crippen molar-refractivity contribution in [3.63, 3.8) is 0 Å². The van der Waals surface area contributed by atoms with Crippen LogP contribution in [-0.2, 0) is 23.1 Å². The summed E-state index contributed by atoms with van der Waals surface area (Å²) in [7, 11) is -4.29. The van der Waals surface area contributed by atoms with Crippen molar-refractivity contribution in [1.29, 1.82) is 0 Å². The summed E-state index contributed by atoms with van der Waals surface area (Å²) in [5, 5.41) is 17.1. The highest BCUT2D eigenvalue weighted by atomic mass is 79.9. The molecule has 5 aromatic rings. The zero-order valence-corrected chi connectivity index (χ0v) is 26.5. The summed E-state index contributed by atoms with van der Waals surface area (Å²) in [6.45, 7) is 1.19. The Morgan fingerprint density at radius 1 is 0.902 bits per heavy atom. The molecule has 0 aliphatic heterocycles. The summed E-state index contributed by atoms with van der Waals surface area (Å²) in [6.07, 6.45) is -0.0346. The zero-order valence-electron chi connectivity index (χ0n) is 21.7. The molecule has 0 amide bonds. The van der Waals surface area contributed by atoms with Crippen LogP contribution < -0.4 is 5.32 Å². The second-order valence-electron chi connectivity index (χ2n) is 9.70. The molecule has 0 bridgehead atoms. The fraction of sp³-hybridized carbons (Fsp3) is 0.167. The van der Waals surface area contributed by atoms with Gasteiger partial charge < -0.3 is 19.9 Å². The molecule has 41 heavy (non-hydrogen) atoms. The summed E-state index contributed by atoms with van der Waals surface area (Å²) in [6, 6.07) is 28.0. The van der Waals surface area contributed by atoms with Gasteiger partial charge in [-0.15, -0.1) is 0 Å². The highest BCUT2D eigenvalue weighted by Crippen LogP contribution is 2.33. The highest BCUT2D eigenvalue weighted by Gasteiger charge is 2.19. The molecular weight excluding hydrogens is 690 g/mol.